The monoisotopic (exact) mass is 914 g/mol. The number of aliphatic carboxylic acids is 1. The van der Waals surface area contributed by atoms with Crippen LogP contribution in [0.4, 0.5) is 4.39 Å². The molecule has 4 atom stereocenters. The summed E-state index contributed by atoms with van der Waals surface area (Å²) in [6, 6.07) is 16.6. The molecule has 4 unspecified atom stereocenters. The zero-order valence-corrected chi connectivity index (χ0v) is 39.2. The molecule has 0 aliphatic carbocycles. The van der Waals surface area contributed by atoms with Crippen LogP contribution in [-0.4, -0.2) is 77.8 Å². The number of amides is 3. The van der Waals surface area contributed by atoms with Crippen molar-refractivity contribution in [2.75, 3.05) is 6.54 Å². The van der Waals surface area contributed by atoms with Crippen molar-refractivity contribution in [1.29, 1.82) is 0 Å². The van der Waals surface area contributed by atoms with Gasteiger partial charge in [-0.2, -0.15) is 0 Å². The van der Waals surface area contributed by atoms with Crippen molar-refractivity contribution in [3.05, 3.63) is 128 Å². The van der Waals surface area contributed by atoms with E-state index in [4.69, 9.17) is 4.99 Å². The van der Waals surface area contributed by atoms with Crippen LogP contribution in [0, 0.1) is 38.9 Å². The highest BCUT2D eigenvalue weighted by atomic mass is 32.1. The molecule has 13 nitrogen and oxygen atoms in total. The minimum Gasteiger partial charge on any atom is -0.481 e. The fourth-order valence-electron chi connectivity index (χ4n) is 8.62. The maximum absolute atomic E-state index is 16.0. The topological polar surface area (TPSA) is 172 Å². The van der Waals surface area contributed by atoms with Crippen molar-refractivity contribution in [3.63, 3.8) is 0 Å². The summed E-state index contributed by atoms with van der Waals surface area (Å²) in [5.74, 6) is -1.81. The lowest BCUT2D eigenvalue weighted by molar-refractivity contribution is -0.142. The molecule has 3 aromatic carbocycles. The summed E-state index contributed by atoms with van der Waals surface area (Å²) in [5.41, 5.74) is 8.10. The zero-order valence-electron chi connectivity index (χ0n) is 37.5. The number of nitrogens with one attached hydrogen (secondary N) is 2. The highest BCUT2D eigenvalue weighted by molar-refractivity contribution is 7.15. The largest absolute Gasteiger partial charge is 0.481 e. The van der Waals surface area contributed by atoms with Crippen LogP contribution in [0.1, 0.15) is 114 Å². The molecule has 6 aromatic rings. The van der Waals surface area contributed by atoms with Gasteiger partial charge in [-0.1, -0.05) is 75.4 Å². The molecule has 1 fully saturated rings. The normalized spacial score (nSPS) is 16.8. The van der Waals surface area contributed by atoms with E-state index in [-0.39, 0.29) is 35.4 Å². The molecule has 3 aromatic heterocycles. The van der Waals surface area contributed by atoms with E-state index >= 15 is 4.39 Å². The van der Waals surface area contributed by atoms with E-state index in [0.29, 0.717) is 42.3 Å². The number of carboxylic acids is 1. The standard InChI is InChI=1S/C49H51FN8O5S2/c1-25-28(4)65-48-40(25)41(53-37(23-39(59)60)44-56-55-29(5)58(44)48)32-15-13-31(14-16-32)35-20-19-34(22-36(35)50)45(61)54-43(49(6,7)8)47(63)57-21-9-10-38(57)46(62)52-26(2)30-11-17-33(18-12-30)42-27(3)51-24-64-42/h11-20,22,24,26,37-38,43H,9-10,21,23H2,1-8H3,(H,52,62)(H,54,61)(H,59,60). The smallest absolute Gasteiger partial charge is 0.306 e. The molecule has 65 heavy (non-hydrogen) atoms. The SMILES string of the molecule is Cc1ncsc1-c1ccc(C(C)NC(=O)C2CCCN2C(=O)C(NC(=O)c2ccc(-c3ccc(C4=NC(CC(=O)O)c5nnc(C)n5-c5sc(C)c(C)c54)cc3)c(F)c2)C(C)(C)C)cc1. The average Bonchev–Trinajstić information content (AvgIpc) is 4.06. The highest BCUT2D eigenvalue weighted by Crippen LogP contribution is 2.40. The van der Waals surface area contributed by atoms with Gasteiger partial charge in [0.2, 0.25) is 11.8 Å². The van der Waals surface area contributed by atoms with E-state index in [9.17, 15) is 24.3 Å². The van der Waals surface area contributed by atoms with Gasteiger partial charge in [-0.3, -0.25) is 28.7 Å². The Morgan fingerprint density at radius 2 is 1.62 bits per heavy atom. The summed E-state index contributed by atoms with van der Waals surface area (Å²) < 4.78 is 17.9. The van der Waals surface area contributed by atoms with Crippen molar-refractivity contribution in [2.45, 2.75) is 98.8 Å². The number of thiophene rings is 1. The lowest BCUT2D eigenvalue weighted by atomic mass is 9.85. The van der Waals surface area contributed by atoms with Crippen LogP contribution in [0.2, 0.25) is 0 Å². The van der Waals surface area contributed by atoms with Crippen LogP contribution in [0.25, 0.3) is 26.6 Å². The Morgan fingerprint density at radius 3 is 2.26 bits per heavy atom. The van der Waals surface area contributed by atoms with Crippen LogP contribution >= 0.6 is 22.7 Å². The number of aliphatic imine (C=N–C) groups is 1. The number of aromatic nitrogens is 4. The van der Waals surface area contributed by atoms with Gasteiger partial charge in [0.1, 0.15) is 34.8 Å². The van der Waals surface area contributed by atoms with E-state index in [1.54, 1.807) is 39.7 Å². The predicted octanol–water partition coefficient (Wildman–Crippen LogP) is 8.87. The molecule has 8 rings (SSSR count). The Kier molecular flexibility index (Phi) is 12.4. The van der Waals surface area contributed by atoms with E-state index in [0.717, 1.165) is 54.3 Å². The Labute approximate surface area is 384 Å². The maximum atomic E-state index is 16.0. The number of thiazole rings is 1. The van der Waals surface area contributed by atoms with Gasteiger partial charge in [-0.25, -0.2) is 9.37 Å². The number of rotatable bonds is 11. The number of carboxylic acid groups (broad SMARTS) is 1. The molecule has 3 amide bonds. The quantitative estimate of drug-likeness (QED) is 0.116. The number of nitrogens with zero attached hydrogens (tertiary/aromatic N) is 6. The van der Waals surface area contributed by atoms with Crippen molar-refractivity contribution >= 4 is 52.1 Å². The molecular formula is C49H51FN8O5S2. The molecule has 336 valence electrons. The first-order chi connectivity index (χ1) is 30.9. The van der Waals surface area contributed by atoms with Gasteiger partial charge in [0.05, 0.1) is 34.3 Å². The molecule has 5 heterocycles. The van der Waals surface area contributed by atoms with E-state index in [1.165, 1.54) is 12.1 Å². The molecule has 0 saturated carbocycles. The maximum Gasteiger partial charge on any atom is 0.306 e. The zero-order chi connectivity index (χ0) is 46.5. The highest BCUT2D eigenvalue weighted by Gasteiger charge is 2.42. The lowest BCUT2D eigenvalue weighted by Gasteiger charge is -2.35. The van der Waals surface area contributed by atoms with Crippen molar-refractivity contribution in [3.8, 4) is 26.6 Å². The van der Waals surface area contributed by atoms with Crippen LogP contribution in [-0.2, 0) is 14.4 Å². The molecule has 2 aliphatic rings. The molecule has 0 radical (unpaired) electrons. The molecule has 16 heteroatoms. The minimum absolute atomic E-state index is 0.0430. The number of hydrogen-bond acceptors (Lipinski definition) is 10. The number of likely N-dealkylation sites (tertiary alicyclic amines) is 1. The van der Waals surface area contributed by atoms with Crippen molar-refractivity contribution in [2.24, 2.45) is 10.4 Å². The first-order valence-electron chi connectivity index (χ1n) is 21.6. The molecular weight excluding hydrogens is 864 g/mol. The Hall–Kier alpha value is -6.39. The Balaban J connectivity index is 0.970. The van der Waals surface area contributed by atoms with Gasteiger partial charge in [0.15, 0.2) is 5.82 Å². The second-order valence-corrected chi connectivity index (χ2v) is 19.9. The summed E-state index contributed by atoms with van der Waals surface area (Å²) in [4.78, 5) is 66.9. The van der Waals surface area contributed by atoms with E-state index in [2.05, 4.69) is 25.8 Å². The Bertz CT molecular complexity index is 2860. The second kappa shape index (κ2) is 17.9. The first-order valence-corrected chi connectivity index (χ1v) is 23.3. The van der Waals surface area contributed by atoms with Gasteiger partial charge in [-0.05, 0) is 87.3 Å². The van der Waals surface area contributed by atoms with Crippen LogP contribution in [0.5, 0.6) is 0 Å². The van der Waals surface area contributed by atoms with Crippen LogP contribution in [0.15, 0.2) is 77.2 Å². The molecule has 3 N–H and O–H groups in total. The van der Waals surface area contributed by atoms with Crippen LogP contribution < -0.4 is 10.6 Å². The third-order valence-electron chi connectivity index (χ3n) is 12.3. The number of benzene rings is 3. The van der Waals surface area contributed by atoms with Gasteiger partial charge < -0.3 is 20.6 Å². The Morgan fingerprint density at radius 1 is 0.923 bits per heavy atom. The van der Waals surface area contributed by atoms with Crippen molar-refractivity contribution in [1.82, 2.24) is 35.3 Å². The van der Waals surface area contributed by atoms with Crippen molar-refractivity contribution < 1.29 is 28.7 Å². The number of fused-ring (bicyclic) bond motifs is 3. The second-order valence-electron chi connectivity index (χ2n) is 17.8. The van der Waals surface area contributed by atoms with Gasteiger partial charge in [0, 0.05) is 33.7 Å². The average molecular weight is 915 g/mol. The predicted molar refractivity (Wildman–Crippen MR) is 250 cm³/mol. The minimum atomic E-state index is -1.02. The van der Waals surface area contributed by atoms with E-state index in [1.807, 2.05) is 102 Å². The summed E-state index contributed by atoms with van der Waals surface area (Å²) in [6.45, 7) is 15.6. The molecule has 1 saturated heterocycles. The van der Waals surface area contributed by atoms with Gasteiger partial charge >= 0.3 is 5.97 Å². The third kappa shape index (κ3) is 8.88. The summed E-state index contributed by atoms with van der Waals surface area (Å²) in [5, 5.41) is 25.2. The lowest BCUT2D eigenvalue weighted by Crippen LogP contribution is -2.57. The number of hydrogen-bond donors (Lipinski definition) is 3. The van der Waals surface area contributed by atoms with Crippen LogP contribution in [0.3, 0.4) is 0 Å². The summed E-state index contributed by atoms with van der Waals surface area (Å²) >= 11 is 3.15. The first kappa shape index (κ1) is 45.2. The fraction of sp³-hybridized carbons (Fsp3) is 0.347. The number of carbonyl (C=O) groups excluding carboxylic acids is 3. The van der Waals surface area contributed by atoms with E-state index < -0.39 is 41.2 Å². The summed E-state index contributed by atoms with van der Waals surface area (Å²) in [7, 11) is 0. The fourth-order valence-corrected chi connectivity index (χ4v) is 10.6. The molecule has 0 bridgehead atoms. The molecule has 2 aliphatic heterocycles. The third-order valence-corrected chi connectivity index (χ3v) is 14.5. The number of halogens is 1. The molecule has 0 spiro atoms. The van der Waals surface area contributed by atoms with Gasteiger partial charge in [-0.15, -0.1) is 32.9 Å². The van der Waals surface area contributed by atoms with Gasteiger partial charge in [0.25, 0.3) is 5.91 Å². The number of carbonyl (C=O) groups is 4. The number of aryl methyl sites for hydroxylation is 3. The summed E-state index contributed by atoms with van der Waals surface area (Å²) in [6.07, 6.45) is 0.851.